The number of unbranched alkanes of at least 4 members (excludes halogenated alkanes) is 2. The summed E-state index contributed by atoms with van der Waals surface area (Å²) < 4.78 is 43.4. The molecule has 0 saturated carbocycles. The van der Waals surface area contributed by atoms with E-state index in [2.05, 4.69) is 0 Å². The smallest absolute Gasteiger partial charge is 0.772 e. The number of hydrogen-bond donors (Lipinski definition) is 0. The van der Waals surface area contributed by atoms with Crippen LogP contribution in [-0.4, -0.2) is 51.5 Å². The van der Waals surface area contributed by atoms with Crippen molar-refractivity contribution < 1.29 is 156 Å². The van der Waals surface area contributed by atoms with Crippen LogP contribution < -0.4 is 128 Å². The fraction of sp³-hybridized carbons (Fsp3) is 0.875. The Morgan fingerprint density at radius 3 is 1.19 bits per heavy atom. The molecule has 32 heavy (non-hydrogen) atoms. The van der Waals surface area contributed by atoms with Gasteiger partial charge < -0.3 is 28.9 Å². The first-order chi connectivity index (χ1) is 13.2. The molecule has 0 rings (SSSR count). The van der Waals surface area contributed by atoms with Crippen LogP contribution in [0, 0.1) is 0 Å². The van der Waals surface area contributed by atoms with Crippen molar-refractivity contribution in [1.29, 1.82) is 0 Å². The molecule has 0 aromatic carbocycles. The average Bonchev–Trinajstić information content (AvgIpc) is 2.59. The first kappa shape index (κ1) is 45.8. The van der Waals surface area contributed by atoms with Gasteiger partial charge in [0.25, 0.3) is 0 Å². The average molecular weight is 567 g/mol. The van der Waals surface area contributed by atoms with E-state index in [1.807, 2.05) is 0 Å². The Bertz CT molecular complexity index is 476. The quantitative estimate of drug-likeness (QED) is 0.0636. The summed E-state index contributed by atoms with van der Waals surface area (Å²) >= 11 is -4.31. The molecule has 0 radical (unpaired) electrons. The minimum atomic E-state index is -2.16. The topological polar surface area (TPSA) is 161 Å². The van der Waals surface area contributed by atoms with E-state index in [4.69, 9.17) is 0 Å². The molecule has 0 aliphatic rings. The van der Waals surface area contributed by atoms with Gasteiger partial charge in [-0.05, 0) is 51.4 Å². The van der Waals surface area contributed by atoms with Crippen LogP contribution in [0.5, 0.6) is 0 Å². The second kappa shape index (κ2) is 31.1. The summed E-state index contributed by atoms with van der Waals surface area (Å²) in [6, 6.07) is 0. The van der Waals surface area contributed by atoms with E-state index in [1.165, 1.54) is 21.6 Å². The van der Waals surface area contributed by atoms with Crippen molar-refractivity contribution in [3.63, 3.8) is 0 Å². The van der Waals surface area contributed by atoms with Crippen LogP contribution in [0.15, 0.2) is 0 Å². The zero-order chi connectivity index (χ0) is 21.4. The van der Waals surface area contributed by atoms with Crippen molar-refractivity contribution in [3.8, 4) is 0 Å². The Labute approximate surface area is 292 Å². The summed E-state index contributed by atoms with van der Waals surface area (Å²) in [5.41, 5.74) is 0. The number of hydrogen-bond acceptors (Lipinski definition) is 10. The van der Waals surface area contributed by atoms with Gasteiger partial charge in [0.15, 0.2) is 0 Å². The van der Waals surface area contributed by atoms with Crippen LogP contribution in [-0.2, 0) is 31.7 Å². The van der Waals surface area contributed by atoms with Crippen LogP contribution in [0.3, 0.4) is 0 Å². The van der Waals surface area contributed by atoms with Gasteiger partial charge in [0.1, 0.15) is 0 Å². The molecular weight excluding hydrogens is 540 g/mol. The Hall–Kier alpha value is 3.86. The van der Waals surface area contributed by atoms with Gasteiger partial charge in [-0.3, -0.25) is 8.42 Å². The molecule has 166 valence electrons. The molecule has 0 aromatic heterocycles. The SMILES string of the molecule is O=C([O-])CCCCC(CCS(=O)[O-])SSC(CCCCC(=O)[O-])CCS(=O)[O-].[Na+].[Na+].[Na+].[Na+]. The number of carboxylic acids is 2. The molecule has 0 fully saturated rings. The maximum Gasteiger partial charge on any atom is 1.00 e. The van der Waals surface area contributed by atoms with Crippen LogP contribution in [0.1, 0.15) is 64.2 Å². The van der Waals surface area contributed by atoms with E-state index in [1.54, 1.807) is 0 Å². The summed E-state index contributed by atoms with van der Waals surface area (Å²) in [5, 5.41) is 21.0. The van der Waals surface area contributed by atoms with Gasteiger partial charge in [0.05, 0.1) is 0 Å². The minimum Gasteiger partial charge on any atom is -0.772 e. The summed E-state index contributed by atoms with van der Waals surface area (Å²) in [4.78, 5) is 21.0. The van der Waals surface area contributed by atoms with Crippen LogP contribution >= 0.6 is 21.6 Å². The summed E-state index contributed by atoms with van der Waals surface area (Å²) in [6.07, 6.45) is 4.33. The molecule has 0 aliphatic carbocycles. The third-order valence-electron chi connectivity index (χ3n) is 3.85. The molecule has 0 saturated heterocycles. The summed E-state index contributed by atoms with van der Waals surface area (Å²) in [7, 11) is 2.99. The van der Waals surface area contributed by atoms with Gasteiger partial charge in [0, 0.05) is 33.9 Å². The van der Waals surface area contributed by atoms with Crippen molar-refractivity contribution in [2.24, 2.45) is 0 Å². The van der Waals surface area contributed by atoms with E-state index in [-0.39, 0.29) is 153 Å². The van der Waals surface area contributed by atoms with Crippen molar-refractivity contribution in [3.05, 3.63) is 0 Å². The van der Waals surface area contributed by atoms with Crippen LogP contribution in [0.25, 0.3) is 0 Å². The van der Waals surface area contributed by atoms with E-state index in [9.17, 15) is 37.3 Å². The zero-order valence-corrected chi connectivity index (χ0v) is 30.8. The minimum absolute atomic E-state index is 0. The van der Waals surface area contributed by atoms with Crippen LogP contribution in [0.4, 0.5) is 0 Å². The van der Waals surface area contributed by atoms with Gasteiger partial charge in [-0.2, -0.15) is 0 Å². The molecular formula is C16H26Na4O8S4. The molecule has 4 atom stereocenters. The zero-order valence-electron chi connectivity index (χ0n) is 19.5. The molecule has 0 amide bonds. The fourth-order valence-electron chi connectivity index (χ4n) is 2.38. The van der Waals surface area contributed by atoms with Gasteiger partial charge in [-0.25, -0.2) is 0 Å². The van der Waals surface area contributed by atoms with Gasteiger partial charge in [-0.15, -0.1) is 0 Å². The standard InChI is InChI=1S/C16H30O8S4.4Na/c17-15(18)7-3-1-5-13(9-11-27(21)22)25-26-14(10-12-28(23)24)6-2-4-8-16(19)20;;;;/h13-14H,1-12H2,(H,17,18)(H,19,20)(H,21,22)(H,23,24);;;;/q;4*+1/p-4. The Balaban J connectivity index is -0.000000607. The molecule has 8 nitrogen and oxygen atoms in total. The predicted octanol–water partition coefficient (Wildman–Crippen LogP) is -11.7. The monoisotopic (exact) mass is 566 g/mol. The molecule has 16 heteroatoms. The molecule has 0 spiro atoms. The summed E-state index contributed by atoms with van der Waals surface area (Å²) in [5.74, 6) is -2.19. The first-order valence-electron chi connectivity index (χ1n) is 9.04. The van der Waals surface area contributed by atoms with E-state index >= 15 is 0 Å². The number of carbonyl (C=O) groups excluding carboxylic acids is 2. The fourth-order valence-corrected chi connectivity index (χ4v) is 6.99. The van der Waals surface area contributed by atoms with Crippen LogP contribution in [0.2, 0.25) is 0 Å². The van der Waals surface area contributed by atoms with Crippen molar-refractivity contribution in [2.45, 2.75) is 74.7 Å². The third kappa shape index (κ3) is 33.9. The van der Waals surface area contributed by atoms with Gasteiger partial charge in [0.2, 0.25) is 0 Å². The van der Waals surface area contributed by atoms with Crippen molar-refractivity contribution >= 4 is 55.7 Å². The first-order valence-corrected chi connectivity index (χ1v) is 13.8. The van der Waals surface area contributed by atoms with Crippen molar-refractivity contribution in [2.75, 3.05) is 11.5 Å². The van der Waals surface area contributed by atoms with Gasteiger partial charge >= 0.3 is 118 Å². The molecule has 0 aromatic rings. The van der Waals surface area contributed by atoms with E-state index < -0.39 is 34.1 Å². The Morgan fingerprint density at radius 1 is 0.625 bits per heavy atom. The molecule has 0 aliphatic heterocycles. The molecule has 0 N–H and O–H groups in total. The maximum atomic E-state index is 10.8. The number of carbonyl (C=O) groups is 2. The number of rotatable bonds is 19. The predicted molar refractivity (Wildman–Crippen MR) is 107 cm³/mol. The number of aliphatic carboxylic acids is 2. The normalized spacial score (nSPS) is 13.7. The second-order valence-corrected chi connectivity index (χ2v) is 11.2. The van der Waals surface area contributed by atoms with E-state index in [0.29, 0.717) is 51.4 Å². The van der Waals surface area contributed by atoms with Crippen molar-refractivity contribution in [1.82, 2.24) is 0 Å². The largest absolute Gasteiger partial charge is 1.00 e. The van der Waals surface area contributed by atoms with Gasteiger partial charge in [-0.1, -0.05) is 56.6 Å². The molecule has 4 unspecified atom stereocenters. The maximum absolute atomic E-state index is 10.8. The molecule has 0 bridgehead atoms. The number of carboxylic acid groups (broad SMARTS) is 2. The molecule has 0 heterocycles. The Morgan fingerprint density at radius 2 is 0.938 bits per heavy atom. The summed E-state index contributed by atoms with van der Waals surface area (Å²) in [6.45, 7) is 0. The third-order valence-corrected chi connectivity index (χ3v) is 8.56. The van der Waals surface area contributed by atoms with E-state index in [0.717, 1.165) is 0 Å². The Kier molecular flexibility index (Phi) is 44.4. The second-order valence-electron chi connectivity index (χ2n) is 6.27.